The van der Waals surface area contributed by atoms with Crippen LogP contribution < -0.4 is 5.32 Å². The first kappa shape index (κ1) is 15.7. The van der Waals surface area contributed by atoms with Gasteiger partial charge in [0.2, 0.25) is 17.4 Å². The molecule has 4 atom stereocenters. The summed E-state index contributed by atoms with van der Waals surface area (Å²) in [4.78, 5) is 39.0. The van der Waals surface area contributed by atoms with Crippen LogP contribution >= 0.6 is 0 Å². The minimum atomic E-state index is -1.08. The number of furan rings is 1. The van der Waals surface area contributed by atoms with Crippen LogP contribution in [0.1, 0.15) is 31.6 Å². The summed E-state index contributed by atoms with van der Waals surface area (Å²) in [6, 6.07) is 3.11. The Bertz CT molecular complexity index is 641. The van der Waals surface area contributed by atoms with Crippen molar-refractivity contribution in [1.82, 2.24) is 4.90 Å². The lowest BCUT2D eigenvalue weighted by molar-refractivity contribution is -0.736. The molecule has 2 amide bonds. The van der Waals surface area contributed by atoms with Crippen LogP contribution in [0.15, 0.2) is 22.8 Å². The predicted octanol–water partition coefficient (Wildman–Crippen LogP) is -0.159. The third-order valence-corrected chi connectivity index (χ3v) is 5.09. The van der Waals surface area contributed by atoms with Crippen LogP contribution in [0.25, 0.3) is 0 Å². The number of quaternary nitrogens is 1. The van der Waals surface area contributed by atoms with E-state index in [9.17, 15) is 14.4 Å². The normalized spacial score (nSPS) is 33.2. The Morgan fingerprint density at radius 2 is 2.17 bits per heavy atom. The number of carbonyl (C=O) groups is 3. The summed E-state index contributed by atoms with van der Waals surface area (Å²) in [6.07, 6.45) is 2.69. The number of nitrogens with two attached hydrogens (primary N) is 1. The molecule has 0 radical (unpaired) electrons. The first-order valence-electron chi connectivity index (χ1n) is 7.77. The lowest BCUT2D eigenvalue weighted by atomic mass is 9.77. The first-order chi connectivity index (χ1) is 11.0. The number of hydrogen-bond donors (Lipinski definition) is 1. The molecule has 2 aliphatic rings. The third-order valence-electron chi connectivity index (χ3n) is 5.09. The van der Waals surface area contributed by atoms with Crippen molar-refractivity contribution in [2.75, 3.05) is 14.2 Å². The third kappa shape index (κ3) is 2.03. The second-order valence-electron chi connectivity index (χ2n) is 6.23. The van der Waals surface area contributed by atoms with Crippen molar-refractivity contribution in [2.45, 2.75) is 31.3 Å². The van der Waals surface area contributed by atoms with Gasteiger partial charge in [-0.25, -0.2) is 4.79 Å². The zero-order valence-electron chi connectivity index (χ0n) is 13.4. The van der Waals surface area contributed by atoms with Crippen molar-refractivity contribution in [3.8, 4) is 0 Å². The van der Waals surface area contributed by atoms with Gasteiger partial charge in [-0.2, -0.15) is 0 Å². The topological polar surface area (TPSA) is 93.4 Å². The molecule has 3 heterocycles. The zero-order valence-corrected chi connectivity index (χ0v) is 13.4. The summed E-state index contributed by atoms with van der Waals surface area (Å²) in [5.74, 6) is -1.77. The van der Waals surface area contributed by atoms with E-state index in [0.717, 1.165) is 4.90 Å². The number of methoxy groups -OCH3 is 1. The molecule has 0 unspecified atom stereocenters. The number of nitrogens with zero attached hydrogens (tertiary/aromatic N) is 1. The number of carbonyl (C=O) groups excluding carboxylic acids is 3. The van der Waals surface area contributed by atoms with Gasteiger partial charge in [-0.15, -0.1) is 0 Å². The van der Waals surface area contributed by atoms with E-state index < -0.39 is 29.4 Å². The highest BCUT2D eigenvalue weighted by Crippen LogP contribution is 2.45. The molecule has 124 valence electrons. The highest BCUT2D eigenvalue weighted by atomic mass is 16.5. The molecule has 2 N–H and O–H groups in total. The van der Waals surface area contributed by atoms with Crippen molar-refractivity contribution < 1.29 is 28.9 Å². The van der Waals surface area contributed by atoms with Crippen molar-refractivity contribution in [1.29, 1.82) is 0 Å². The number of ether oxygens (including phenoxy) is 1. The van der Waals surface area contributed by atoms with Gasteiger partial charge in [-0.05, 0) is 18.6 Å². The Labute approximate surface area is 134 Å². The quantitative estimate of drug-likeness (QED) is 0.614. The Hall–Kier alpha value is -2.15. The maximum absolute atomic E-state index is 12.7. The second-order valence-corrected chi connectivity index (χ2v) is 6.23. The minimum absolute atomic E-state index is 0.264. The Kier molecular flexibility index (Phi) is 3.75. The molecule has 0 bridgehead atoms. The van der Waals surface area contributed by atoms with Crippen LogP contribution in [0.2, 0.25) is 0 Å². The molecule has 2 saturated heterocycles. The first-order valence-corrected chi connectivity index (χ1v) is 7.77. The van der Waals surface area contributed by atoms with Gasteiger partial charge in [-0.3, -0.25) is 14.5 Å². The predicted molar refractivity (Wildman–Crippen MR) is 77.8 cm³/mol. The van der Waals surface area contributed by atoms with Crippen LogP contribution in [0, 0.1) is 11.8 Å². The van der Waals surface area contributed by atoms with Gasteiger partial charge >= 0.3 is 5.97 Å². The van der Waals surface area contributed by atoms with Crippen molar-refractivity contribution >= 4 is 17.8 Å². The average molecular weight is 321 g/mol. The fourth-order valence-corrected chi connectivity index (χ4v) is 4.15. The molecule has 0 spiro atoms. The summed E-state index contributed by atoms with van der Waals surface area (Å²) in [5, 5.41) is 1.80. The van der Waals surface area contributed by atoms with Gasteiger partial charge in [0.1, 0.15) is 11.8 Å². The van der Waals surface area contributed by atoms with Crippen LogP contribution in [0.5, 0.6) is 0 Å². The molecule has 2 fully saturated rings. The highest BCUT2D eigenvalue weighted by molar-refractivity contribution is 6.08. The van der Waals surface area contributed by atoms with Crippen molar-refractivity contribution in [3.05, 3.63) is 24.2 Å². The fraction of sp³-hybridized carbons (Fsp3) is 0.562. The summed E-state index contributed by atoms with van der Waals surface area (Å²) >= 11 is 0. The number of hydrogen-bond acceptors (Lipinski definition) is 5. The molecule has 1 aromatic rings. The molecule has 7 heteroatoms. The standard InChI is InChI=1S/C16H20N2O5/c1-4-7-16(15(21)22-3)11-10(13(19)18(2)14(11)20)12(17-16)9-6-5-8-23-9/h5-6,8,10-12,17H,4,7H2,1-3H3/p+1/t10-,11+,12-,16+/m0/s1. The van der Waals surface area contributed by atoms with Gasteiger partial charge in [0.05, 0.1) is 13.4 Å². The zero-order chi connectivity index (χ0) is 16.8. The number of rotatable bonds is 4. The van der Waals surface area contributed by atoms with Crippen molar-refractivity contribution in [3.63, 3.8) is 0 Å². The van der Waals surface area contributed by atoms with Crippen LogP contribution in [-0.4, -0.2) is 42.4 Å². The lowest BCUT2D eigenvalue weighted by Gasteiger charge is -2.28. The van der Waals surface area contributed by atoms with Gasteiger partial charge in [0, 0.05) is 13.5 Å². The van der Waals surface area contributed by atoms with E-state index in [-0.39, 0.29) is 11.8 Å². The molecule has 2 aliphatic heterocycles. The number of imide groups is 1. The molecule has 3 rings (SSSR count). The van der Waals surface area contributed by atoms with Gasteiger partial charge in [-0.1, -0.05) is 6.92 Å². The molecule has 1 aromatic heterocycles. The molecular weight excluding hydrogens is 300 g/mol. The molecule has 23 heavy (non-hydrogen) atoms. The van der Waals surface area contributed by atoms with Crippen LogP contribution in [0.4, 0.5) is 0 Å². The largest absolute Gasteiger partial charge is 0.464 e. The van der Waals surface area contributed by atoms with E-state index in [2.05, 4.69) is 0 Å². The second kappa shape index (κ2) is 5.49. The number of fused-ring (bicyclic) bond motifs is 1. The van der Waals surface area contributed by atoms with E-state index in [1.54, 1.807) is 17.4 Å². The molecule has 0 aliphatic carbocycles. The van der Waals surface area contributed by atoms with Crippen molar-refractivity contribution in [2.24, 2.45) is 11.8 Å². The summed E-state index contributed by atoms with van der Waals surface area (Å²) in [5.41, 5.74) is -1.08. The maximum Gasteiger partial charge on any atom is 0.368 e. The van der Waals surface area contributed by atoms with E-state index in [0.29, 0.717) is 18.6 Å². The smallest absolute Gasteiger partial charge is 0.368 e. The van der Waals surface area contributed by atoms with E-state index >= 15 is 0 Å². The highest BCUT2D eigenvalue weighted by Gasteiger charge is 2.72. The van der Waals surface area contributed by atoms with Crippen LogP contribution in [-0.2, 0) is 19.1 Å². The summed E-state index contributed by atoms with van der Waals surface area (Å²) in [7, 11) is 2.78. The SMILES string of the molecule is CCC[C@@]1(C(=O)OC)[NH2+][C@@H](c2ccco2)[C@H]2C(=O)N(C)C(=O)[C@@H]21. The number of amides is 2. The monoisotopic (exact) mass is 321 g/mol. The van der Waals surface area contributed by atoms with Crippen LogP contribution in [0.3, 0.4) is 0 Å². The van der Waals surface area contributed by atoms with E-state index in [1.165, 1.54) is 20.4 Å². The lowest BCUT2D eigenvalue weighted by Crippen LogP contribution is -2.98. The van der Waals surface area contributed by atoms with E-state index in [4.69, 9.17) is 9.15 Å². The molecular formula is C16H21N2O5+. The van der Waals surface area contributed by atoms with E-state index in [1.807, 2.05) is 6.92 Å². The van der Waals surface area contributed by atoms with Gasteiger partial charge in [0.25, 0.3) is 0 Å². The number of esters is 1. The summed E-state index contributed by atoms with van der Waals surface area (Å²) < 4.78 is 10.5. The van der Waals surface area contributed by atoms with Gasteiger partial charge in [0.15, 0.2) is 11.8 Å². The molecule has 7 nitrogen and oxygen atoms in total. The molecule has 0 saturated carbocycles. The average Bonchev–Trinajstić information content (AvgIpc) is 3.22. The Morgan fingerprint density at radius 1 is 1.43 bits per heavy atom. The maximum atomic E-state index is 12.7. The number of likely N-dealkylation sites (tertiary alicyclic amines) is 1. The fourth-order valence-electron chi connectivity index (χ4n) is 4.15. The Morgan fingerprint density at radius 3 is 2.74 bits per heavy atom. The van der Waals surface area contributed by atoms with Gasteiger partial charge < -0.3 is 14.5 Å². The summed E-state index contributed by atoms with van der Waals surface area (Å²) in [6.45, 7) is 1.94. The minimum Gasteiger partial charge on any atom is -0.464 e. The Balaban J connectivity index is 2.13. The molecule has 0 aromatic carbocycles.